The zero-order valence-corrected chi connectivity index (χ0v) is 8.16. The van der Waals surface area contributed by atoms with Gasteiger partial charge in [-0.1, -0.05) is 31.2 Å². The molecule has 0 aliphatic heterocycles. The molecule has 1 heteroatoms. The third-order valence-corrected chi connectivity index (χ3v) is 2.92. The van der Waals surface area contributed by atoms with Crippen molar-refractivity contribution in [2.24, 2.45) is 11.7 Å². The highest BCUT2D eigenvalue weighted by Gasteiger charge is 2.30. The highest BCUT2D eigenvalue weighted by atomic mass is 14.7. The maximum Gasteiger partial charge on any atom is 0.0326 e. The molecule has 0 heterocycles. The zero-order chi connectivity index (χ0) is 9.26. The zero-order valence-electron chi connectivity index (χ0n) is 8.16. The van der Waals surface area contributed by atoms with Crippen LogP contribution in [0.3, 0.4) is 0 Å². The summed E-state index contributed by atoms with van der Waals surface area (Å²) >= 11 is 0. The molecule has 0 spiro atoms. The van der Waals surface area contributed by atoms with Crippen molar-refractivity contribution < 1.29 is 0 Å². The van der Waals surface area contributed by atoms with E-state index in [1.807, 2.05) is 0 Å². The molecular formula is C12H17N. The van der Waals surface area contributed by atoms with Crippen LogP contribution in [-0.2, 0) is 6.42 Å². The Morgan fingerprint density at radius 1 is 1.38 bits per heavy atom. The number of hydrogen-bond donors (Lipinski definition) is 1. The summed E-state index contributed by atoms with van der Waals surface area (Å²) in [4.78, 5) is 0. The Bertz CT molecular complexity index is 289. The second-order valence-corrected chi connectivity index (χ2v) is 3.92. The fraction of sp³-hybridized carbons (Fsp3) is 0.500. The summed E-state index contributed by atoms with van der Waals surface area (Å²) in [6, 6.07) is 8.86. The maximum atomic E-state index is 6.18. The molecule has 0 amide bonds. The number of aryl methyl sites for hydroxylation is 1. The van der Waals surface area contributed by atoms with Crippen LogP contribution in [0.25, 0.3) is 0 Å². The van der Waals surface area contributed by atoms with Crippen LogP contribution in [0, 0.1) is 5.92 Å². The molecule has 1 nitrogen and oxygen atoms in total. The molecule has 1 aliphatic rings. The minimum Gasteiger partial charge on any atom is -0.324 e. The summed E-state index contributed by atoms with van der Waals surface area (Å²) in [5, 5.41) is 0. The molecule has 1 saturated carbocycles. The first kappa shape index (κ1) is 8.76. The van der Waals surface area contributed by atoms with Crippen molar-refractivity contribution in [1.82, 2.24) is 0 Å². The van der Waals surface area contributed by atoms with E-state index < -0.39 is 0 Å². The average molecular weight is 175 g/mol. The molecule has 0 bridgehead atoms. The summed E-state index contributed by atoms with van der Waals surface area (Å²) in [5.74, 6) is 0.757. The fourth-order valence-electron chi connectivity index (χ4n) is 1.89. The Balaban J connectivity index is 2.26. The molecule has 70 valence electrons. The van der Waals surface area contributed by atoms with E-state index in [4.69, 9.17) is 5.73 Å². The normalized spacial score (nSPS) is 18.6. The number of rotatable bonds is 3. The molecular weight excluding hydrogens is 158 g/mol. The SMILES string of the molecule is CCc1ccccc1[C@H](N)C1CC1. The lowest BCUT2D eigenvalue weighted by atomic mass is 9.96. The van der Waals surface area contributed by atoms with Crippen LogP contribution in [0.2, 0.25) is 0 Å². The van der Waals surface area contributed by atoms with Gasteiger partial charge in [0, 0.05) is 6.04 Å². The van der Waals surface area contributed by atoms with E-state index in [0.717, 1.165) is 12.3 Å². The Kier molecular flexibility index (Phi) is 2.36. The Hall–Kier alpha value is -0.820. The van der Waals surface area contributed by atoms with Gasteiger partial charge < -0.3 is 5.73 Å². The number of nitrogens with two attached hydrogens (primary N) is 1. The van der Waals surface area contributed by atoms with Gasteiger partial charge in [-0.15, -0.1) is 0 Å². The molecule has 0 radical (unpaired) electrons. The summed E-state index contributed by atoms with van der Waals surface area (Å²) < 4.78 is 0. The predicted octanol–water partition coefficient (Wildman–Crippen LogP) is 2.66. The van der Waals surface area contributed by atoms with Crippen LogP contribution in [0.5, 0.6) is 0 Å². The number of hydrogen-bond acceptors (Lipinski definition) is 1. The van der Waals surface area contributed by atoms with Crippen molar-refractivity contribution in [3.8, 4) is 0 Å². The van der Waals surface area contributed by atoms with Crippen LogP contribution in [-0.4, -0.2) is 0 Å². The van der Waals surface area contributed by atoms with Crippen molar-refractivity contribution >= 4 is 0 Å². The summed E-state index contributed by atoms with van der Waals surface area (Å²) in [7, 11) is 0. The molecule has 0 saturated heterocycles. The Labute approximate surface area is 80.0 Å². The molecule has 2 rings (SSSR count). The molecule has 1 aliphatic carbocycles. The van der Waals surface area contributed by atoms with Crippen LogP contribution in [0.15, 0.2) is 24.3 Å². The van der Waals surface area contributed by atoms with Crippen molar-refractivity contribution in [2.45, 2.75) is 32.2 Å². The van der Waals surface area contributed by atoms with Gasteiger partial charge in [0.15, 0.2) is 0 Å². The van der Waals surface area contributed by atoms with E-state index in [0.29, 0.717) is 0 Å². The van der Waals surface area contributed by atoms with E-state index >= 15 is 0 Å². The standard InChI is InChI=1S/C12H17N/c1-2-9-5-3-4-6-11(9)12(13)10-7-8-10/h3-6,10,12H,2,7-8,13H2,1H3/t12-/m1/s1. The summed E-state index contributed by atoms with van der Waals surface area (Å²) in [6.07, 6.45) is 3.73. The Morgan fingerprint density at radius 2 is 2.08 bits per heavy atom. The van der Waals surface area contributed by atoms with Crippen LogP contribution >= 0.6 is 0 Å². The third kappa shape index (κ3) is 1.75. The van der Waals surface area contributed by atoms with Crippen molar-refractivity contribution in [2.75, 3.05) is 0 Å². The molecule has 0 aromatic heterocycles. The molecule has 1 aromatic rings. The molecule has 0 unspecified atom stereocenters. The second kappa shape index (κ2) is 3.51. The second-order valence-electron chi connectivity index (χ2n) is 3.92. The monoisotopic (exact) mass is 175 g/mol. The van der Waals surface area contributed by atoms with Gasteiger partial charge in [-0.2, -0.15) is 0 Å². The molecule has 1 aromatic carbocycles. The van der Waals surface area contributed by atoms with Crippen LogP contribution in [0.4, 0.5) is 0 Å². The molecule has 13 heavy (non-hydrogen) atoms. The van der Waals surface area contributed by atoms with E-state index in [2.05, 4.69) is 31.2 Å². The summed E-state index contributed by atoms with van der Waals surface area (Å²) in [5.41, 5.74) is 8.96. The quantitative estimate of drug-likeness (QED) is 0.751. The van der Waals surface area contributed by atoms with Crippen LogP contribution < -0.4 is 5.73 Å². The van der Waals surface area contributed by atoms with Crippen molar-refractivity contribution in [3.05, 3.63) is 35.4 Å². The fourth-order valence-corrected chi connectivity index (χ4v) is 1.89. The highest BCUT2D eigenvalue weighted by Crippen LogP contribution is 2.40. The molecule has 1 atom stereocenters. The maximum absolute atomic E-state index is 6.18. The van der Waals surface area contributed by atoms with Gasteiger partial charge in [0.25, 0.3) is 0 Å². The van der Waals surface area contributed by atoms with E-state index in [1.54, 1.807) is 0 Å². The lowest BCUT2D eigenvalue weighted by molar-refractivity contribution is 0.627. The van der Waals surface area contributed by atoms with E-state index in [-0.39, 0.29) is 6.04 Å². The predicted molar refractivity (Wildman–Crippen MR) is 55.5 cm³/mol. The van der Waals surface area contributed by atoms with Crippen LogP contribution in [0.1, 0.15) is 36.9 Å². The van der Waals surface area contributed by atoms with Gasteiger partial charge in [0.05, 0.1) is 0 Å². The van der Waals surface area contributed by atoms with E-state index in [9.17, 15) is 0 Å². The van der Waals surface area contributed by atoms with Gasteiger partial charge in [-0.25, -0.2) is 0 Å². The topological polar surface area (TPSA) is 26.0 Å². The lowest BCUT2D eigenvalue weighted by Crippen LogP contribution is -2.14. The largest absolute Gasteiger partial charge is 0.324 e. The third-order valence-electron chi connectivity index (χ3n) is 2.92. The van der Waals surface area contributed by atoms with E-state index in [1.165, 1.54) is 24.0 Å². The molecule has 1 fully saturated rings. The van der Waals surface area contributed by atoms with Gasteiger partial charge in [0.2, 0.25) is 0 Å². The van der Waals surface area contributed by atoms with Crippen molar-refractivity contribution in [1.29, 1.82) is 0 Å². The first-order valence-electron chi connectivity index (χ1n) is 5.16. The first-order chi connectivity index (χ1) is 6.33. The van der Waals surface area contributed by atoms with Gasteiger partial charge in [-0.3, -0.25) is 0 Å². The van der Waals surface area contributed by atoms with Gasteiger partial charge in [-0.05, 0) is 36.3 Å². The summed E-state index contributed by atoms with van der Waals surface area (Å²) in [6.45, 7) is 2.19. The lowest BCUT2D eigenvalue weighted by Gasteiger charge is -2.14. The minimum atomic E-state index is 0.288. The van der Waals surface area contributed by atoms with Crippen molar-refractivity contribution in [3.63, 3.8) is 0 Å². The minimum absolute atomic E-state index is 0.288. The Morgan fingerprint density at radius 3 is 2.69 bits per heavy atom. The van der Waals surface area contributed by atoms with Gasteiger partial charge >= 0.3 is 0 Å². The molecule has 2 N–H and O–H groups in total. The average Bonchev–Trinajstić information content (AvgIpc) is 3.00. The highest BCUT2D eigenvalue weighted by molar-refractivity contribution is 5.30. The number of benzene rings is 1. The first-order valence-corrected chi connectivity index (χ1v) is 5.16. The smallest absolute Gasteiger partial charge is 0.0326 e. The van der Waals surface area contributed by atoms with Gasteiger partial charge in [0.1, 0.15) is 0 Å².